The second-order valence-corrected chi connectivity index (χ2v) is 5.40. The van der Waals surface area contributed by atoms with Gasteiger partial charge in [-0.3, -0.25) is 5.32 Å². The van der Waals surface area contributed by atoms with E-state index in [1.165, 1.54) is 7.11 Å². The summed E-state index contributed by atoms with van der Waals surface area (Å²) in [7, 11) is 1.30. The minimum Gasteiger partial charge on any atom is -0.453 e. The van der Waals surface area contributed by atoms with Crippen LogP contribution in [0.15, 0.2) is 24.3 Å². The lowest BCUT2D eigenvalue weighted by atomic mass is 10.1. The molecule has 0 saturated heterocycles. The smallest absolute Gasteiger partial charge is 0.411 e. The van der Waals surface area contributed by atoms with Crippen molar-refractivity contribution in [1.29, 1.82) is 0 Å². The number of nitrogens with zero attached hydrogens (tertiary/aromatic N) is 1. The fourth-order valence-electron chi connectivity index (χ4n) is 2.02. The molecule has 0 fully saturated rings. The zero-order valence-corrected chi connectivity index (χ0v) is 13.8. The molecule has 2 N–H and O–H groups in total. The molecule has 0 aliphatic heterocycles. The maximum Gasteiger partial charge on any atom is 0.411 e. The van der Waals surface area contributed by atoms with E-state index in [-0.39, 0.29) is 12.1 Å². The van der Waals surface area contributed by atoms with Crippen LogP contribution >= 0.6 is 0 Å². The molecule has 122 valence electrons. The lowest BCUT2D eigenvalue weighted by Crippen LogP contribution is -2.43. The lowest BCUT2D eigenvalue weighted by molar-refractivity contribution is 0.179. The highest BCUT2D eigenvalue weighted by atomic mass is 16.5. The van der Waals surface area contributed by atoms with E-state index < -0.39 is 6.09 Å². The summed E-state index contributed by atoms with van der Waals surface area (Å²) in [6.45, 7) is 8.78. The molecule has 0 heterocycles. The van der Waals surface area contributed by atoms with Gasteiger partial charge in [0.2, 0.25) is 0 Å². The van der Waals surface area contributed by atoms with Crippen molar-refractivity contribution < 1.29 is 14.3 Å². The number of carbonyl (C=O) groups is 2. The molecule has 22 heavy (non-hydrogen) atoms. The van der Waals surface area contributed by atoms with E-state index in [2.05, 4.69) is 29.2 Å². The molecule has 1 rings (SSSR count). The van der Waals surface area contributed by atoms with E-state index in [1.54, 1.807) is 29.2 Å². The molecule has 0 aromatic heterocycles. The number of hydrogen-bond acceptors (Lipinski definition) is 3. The Bertz CT molecular complexity index is 517. The van der Waals surface area contributed by atoms with Gasteiger partial charge in [-0.1, -0.05) is 19.9 Å². The molecule has 0 aliphatic rings. The number of ether oxygens (including phenoxy) is 1. The number of carbonyl (C=O) groups excluding carboxylic acids is 2. The number of hydrogen-bond donors (Lipinski definition) is 2. The summed E-state index contributed by atoms with van der Waals surface area (Å²) in [5.41, 5.74) is 1.18. The predicted octanol–water partition coefficient (Wildman–Crippen LogP) is 3.76. The number of nitrogens with one attached hydrogen (secondary N) is 2. The second kappa shape index (κ2) is 8.26. The van der Waals surface area contributed by atoms with E-state index in [0.29, 0.717) is 23.8 Å². The Morgan fingerprint density at radius 3 is 2.27 bits per heavy atom. The second-order valence-electron chi connectivity index (χ2n) is 5.40. The van der Waals surface area contributed by atoms with Crippen LogP contribution in [0.3, 0.4) is 0 Å². The summed E-state index contributed by atoms with van der Waals surface area (Å²) in [4.78, 5) is 25.4. The van der Waals surface area contributed by atoms with Crippen LogP contribution in [0.2, 0.25) is 0 Å². The van der Waals surface area contributed by atoms with Gasteiger partial charge in [-0.05, 0) is 38.0 Å². The van der Waals surface area contributed by atoms with Crippen LogP contribution in [0.5, 0.6) is 0 Å². The molecule has 0 bridgehead atoms. The number of methoxy groups -OCH3 is 1. The van der Waals surface area contributed by atoms with Crippen molar-refractivity contribution in [3.8, 4) is 0 Å². The van der Waals surface area contributed by atoms with Gasteiger partial charge in [-0.15, -0.1) is 0 Å². The highest BCUT2D eigenvalue weighted by Gasteiger charge is 2.21. The van der Waals surface area contributed by atoms with Gasteiger partial charge in [0.25, 0.3) is 0 Å². The summed E-state index contributed by atoms with van der Waals surface area (Å²) in [5.74, 6) is 0.373. The standard InChI is InChI=1S/C16H25N3O3/c1-6-19(12(4)11(2)3)15(20)17-13-8-7-9-14(10-13)18-16(21)22-5/h7-12H,6H2,1-5H3,(H,17,20)(H,18,21)/t12-/m0/s1. The van der Waals surface area contributed by atoms with E-state index in [1.807, 2.05) is 13.8 Å². The molecule has 6 nitrogen and oxygen atoms in total. The van der Waals surface area contributed by atoms with Crippen LogP contribution < -0.4 is 10.6 Å². The van der Waals surface area contributed by atoms with Crippen molar-refractivity contribution in [2.45, 2.75) is 33.7 Å². The Kier molecular flexibility index (Phi) is 6.69. The van der Waals surface area contributed by atoms with Crippen LogP contribution in [-0.4, -0.2) is 36.7 Å². The fourth-order valence-corrected chi connectivity index (χ4v) is 2.02. The van der Waals surface area contributed by atoms with Gasteiger partial charge in [-0.25, -0.2) is 9.59 Å². The third-order valence-corrected chi connectivity index (χ3v) is 3.60. The molecule has 0 unspecified atom stereocenters. The van der Waals surface area contributed by atoms with Crippen LogP contribution in [0.1, 0.15) is 27.7 Å². The molecule has 3 amide bonds. The first-order valence-electron chi connectivity index (χ1n) is 7.41. The van der Waals surface area contributed by atoms with E-state index in [4.69, 9.17) is 0 Å². The third kappa shape index (κ3) is 4.95. The first-order valence-corrected chi connectivity index (χ1v) is 7.41. The number of amides is 3. The normalized spacial score (nSPS) is 11.7. The summed E-state index contributed by atoms with van der Waals surface area (Å²) >= 11 is 0. The summed E-state index contributed by atoms with van der Waals surface area (Å²) < 4.78 is 4.54. The Balaban J connectivity index is 2.79. The Morgan fingerprint density at radius 1 is 1.18 bits per heavy atom. The predicted molar refractivity (Wildman–Crippen MR) is 88.2 cm³/mol. The minimum atomic E-state index is -0.549. The molecule has 0 saturated carbocycles. The average molecular weight is 307 g/mol. The number of urea groups is 1. The van der Waals surface area contributed by atoms with Crippen LogP contribution in [0.25, 0.3) is 0 Å². The van der Waals surface area contributed by atoms with Crippen molar-refractivity contribution >= 4 is 23.5 Å². The molecule has 0 spiro atoms. The highest BCUT2D eigenvalue weighted by Crippen LogP contribution is 2.17. The van der Waals surface area contributed by atoms with Gasteiger partial charge < -0.3 is 15.0 Å². The highest BCUT2D eigenvalue weighted by molar-refractivity contribution is 5.91. The van der Waals surface area contributed by atoms with Gasteiger partial charge in [0.1, 0.15) is 0 Å². The maximum atomic E-state index is 12.4. The molecule has 1 aromatic rings. The third-order valence-electron chi connectivity index (χ3n) is 3.60. The van der Waals surface area contributed by atoms with Gasteiger partial charge >= 0.3 is 12.1 Å². The summed E-state index contributed by atoms with van der Waals surface area (Å²) in [5, 5.41) is 5.42. The first kappa shape index (κ1) is 17.8. The van der Waals surface area contributed by atoms with Crippen LogP contribution in [-0.2, 0) is 4.74 Å². The van der Waals surface area contributed by atoms with E-state index >= 15 is 0 Å². The van der Waals surface area contributed by atoms with Crippen molar-refractivity contribution in [1.82, 2.24) is 4.90 Å². The maximum absolute atomic E-state index is 12.4. The van der Waals surface area contributed by atoms with E-state index in [9.17, 15) is 9.59 Å². The molecule has 1 atom stereocenters. The zero-order chi connectivity index (χ0) is 16.7. The summed E-state index contributed by atoms with van der Waals surface area (Å²) in [6, 6.07) is 6.92. The SMILES string of the molecule is CCN(C(=O)Nc1cccc(NC(=O)OC)c1)[C@@H](C)C(C)C. The molecule has 1 aromatic carbocycles. The number of rotatable bonds is 5. The van der Waals surface area contributed by atoms with Crippen molar-refractivity contribution in [2.75, 3.05) is 24.3 Å². The first-order chi connectivity index (χ1) is 10.4. The van der Waals surface area contributed by atoms with Gasteiger partial charge in [0.05, 0.1) is 7.11 Å². The Labute approximate surface area is 131 Å². The number of anilines is 2. The van der Waals surface area contributed by atoms with E-state index in [0.717, 1.165) is 0 Å². The lowest BCUT2D eigenvalue weighted by Gasteiger charge is -2.30. The topological polar surface area (TPSA) is 70.7 Å². The molecular weight excluding hydrogens is 282 g/mol. The molecule has 6 heteroatoms. The largest absolute Gasteiger partial charge is 0.453 e. The average Bonchev–Trinajstić information content (AvgIpc) is 2.47. The van der Waals surface area contributed by atoms with Crippen molar-refractivity contribution in [3.63, 3.8) is 0 Å². The summed E-state index contributed by atoms with van der Waals surface area (Å²) in [6.07, 6.45) is -0.549. The Morgan fingerprint density at radius 2 is 1.77 bits per heavy atom. The molecule has 0 radical (unpaired) electrons. The molecular formula is C16H25N3O3. The van der Waals surface area contributed by atoms with Crippen LogP contribution in [0.4, 0.5) is 21.0 Å². The number of benzene rings is 1. The minimum absolute atomic E-state index is 0.140. The van der Waals surface area contributed by atoms with Crippen molar-refractivity contribution in [3.05, 3.63) is 24.3 Å². The Hall–Kier alpha value is -2.24. The van der Waals surface area contributed by atoms with Crippen LogP contribution in [0, 0.1) is 5.92 Å². The van der Waals surface area contributed by atoms with Gasteiger partial charge in [0, 0.05) is 24.0 Å². The monoisotopic (exact) mass is 307 g/mol. The molecule has 0 aliphatic carbocycles. The zero-order valence-electron chi connectivity index (χ0n) is 13.8. The quantitative estimate of drug-likeness (QED) is 0.870. The van der Waals surface area contributed by atoms with Gasteiger partial charge in [-0.2, -0.15) is 0 Å². The van der Waals surface area contributed by atoms with Gasteiger partial charge in [0.15, 0.2) is 0 Å². The van der Waals surface area contributed by atoms with Crippen molar-refractivity contribution in [2.24, 2.45) is 5.92 Å². The fraction of sp³-hybridized carbons (Fsp3) is 0.500.